The lowest BCUT2D eigenvalue weighted by molar-refractivity contribution is -0.121. The van der Waals surface area contributed by atoms with Crippen molar-refractivity contribution in [2.75, 3.05) is 25.1 Å². The highest BCUT2D eigenvalue weighted by atomic mass is 32.1. The molecule has 9 heteroatoms. The highest BCUT2D eigenvalue weighted by molar-refractivity contribution is 7.22. The van der Waals surface area contributed by atoms with Crippen LogP contribution in [0.1, 0.15) is 25.3 Å². The van der Waals surface area contributed by atoms with E-state index in [4.69, 9.17) is 4.74 Å². The summed E-state index contributed by atoms with van der Waals surface area (Å²) in [5, 5.41) is 3.67. The van der Waals surface area contributed by atoms with E-state index < -0.39 is 0 Å². The Morgan fingerprint density at radius 1 is 1.40 bits per heavy atom. The summed E-state index contributed by atoms with van der Waals surface area (Å²) in [6.45, 7) is 4.40. The average molecular weight is 428 g/mol. The van der Waals surface area contributed by atoms with E-state index in [-0.39, 0.29) is 18.0 Å². The predicted octanol–water partition coefficient (Wildman–Crippen LogP) is 2.41. The molecule has 1 aromatic carbocycles. The Morgan fingerprint density at radius 3 is 3.07 bits per heavy atom. The van der Waals surface area contributed by atoms with Crippen LogP contribution >= 0.6 is 11.3 Å². The number of anilines is 1. The van der Waals surface area contributed by atoms with Crippen LogP contribution in [0.3, 0.4) is 0 Å². The van der Waals surface area contributed by atoms with E-state index in [1.54, 1.807) is 7.11 Å². The lowest BCUT2D eigenvalue weighted by atomic mass is 10.0. The highest BCUT2D eigenvalue weighted by Gasteiger charge is 2.21. The Labute approximate surface area is 178 Å². The largest absolute Gasteiger partial charge is 0.497 e. The van der Waals surface area contributed by atoms with Crippen LogP contribution < -0.4 is 20.5 Å². The van der Waals surface area contributed by atoms with Gasteiger partial charge in [0.15, 0.2) is 10.8 Å². The maximum atomic E-state index is 12.9. The molecule has 0 unspecified atom stereocenters. The molecule has 1 saturated heterocycles. The third-order valence-corrected chi connectivity index (χ3v) is 6.33. The van der Waals surface area contributed by atoms with Crippen molar-refractivity contribution in [3.63, 3.8) is 0 Å². The molecule has 1 aliphatic rings. The van der Waals surface area contributed by atoms with E-state index in [9.17, 15) is 9.59 Å². The number of ether oxygens (including phenoxy) is 1. The molecule has 1 atom stereocenters. The van der Waals surface area contributed by atoms with Crippen LogP contribution in [0.4, 0.5) is 5.13 Å². The maximum absolute atomic E-state index is 12.9. The van der Waals surface area contributed by atoms with Gasteiger partial charge in [-0.25, -0.2) is 4.98 Å². The minimum absolute atomic E-state index is 0.0836. The highest BCUT2D eigenvalue weighted by Crippen LogP contribution is 2.29. The fourth-order valence-corrected chi connectivity index (χ4v) is 4.64. The molecule has 0 saturated carbocycles. The van der Waals surface area contributed by atoms with Crippen molar-refractivity contribution in [3.05, 3.63) is 46.5 Å². The molecule has 30 heavy (non-hydrogen) atoms. The number of hydrogen-bond acceptors (Lipinski definition) is 7. The molecular formula is C21H25N5O3S. The van der Waals surface area contributed by atoms with Gasteiger partial charge >= 0.3 is 0 Å². The Morgan fingerprint density at radius 2 is 2.27 bits per heavy atom. The molecule has 2 aromatic heterocycles. The second kappa shape index (κ2) is 8.83. The molecule has 8 nitrogen and oxygen atoms in total. The monoisotopic (exact) mass is 427 g/mol. The number of piperidine rings is 1. The number of rotatable bonds is 6. The van der Waals surface area contributed by atoms with E-state index in [1.165, 1.54) is 28.7 Å². The predicted molar refractivity (Wildman–Crippen MR) is 117 cm³/mol. The van der Waals surface area contributed by atoms with Crippen molar-refractivity contribution in [1.82, 2.24) is 19.9 Å². The summed E-state index contributed by atoms with van der Waals surface area (Å²) in [4.78, 5) is 36.3. The van der Waals surface area contributed by atoms with Gasteiger partial charge in [0.05, 0.1) is 7.11 Å². The fourth-order valence-electron chi connectivity index (χ4n) is 3.64. The molecule has 1 amide bonds. The molecular weight excluding hydrogens is 402 g/mol. The second-order valence-corrected chi connectivity index (χ2v) is 8.63. The van der Waals surface area contributed by atoms with Gasteiger partial charge in [-0.05, 0) is 36.5 Å². The number of thiazole rings is 1. The van der Waals surface area contributed by atoms with Crippen molar-refractivity contribution < 1.29 is 9.53 Å². The molecule has 0 radical (unpaired) electrons. The summed E-state index contributed by atoms with van der Waals surface area (Å²) in [5.41, 5.74) is 1.14. The number of carbonyl (C=O) groups is 1. The first-order chi connectivity index (χ1) is 14.5. The van der Waals surface area contributed by atoms with Crippen LogP contribution in [0.25, 0.3) is 10.3 Å². The number of nitrogens with zero attached hydrogens (tertiary/aromatic N) is 4. The van der Waals surface area contributed by atoms with Crippen molar-refractivity contribution in [1.29, 1.82) is 0 Å². The van der Waals surface area contributed by atoms with Gasteiger partial charge in [-0.2, -0.15) is 4.98 Å². The number of carbonyl (C=O) groups excluding carboxylic acids is 1. The van der Waals surface area contributed by atoms with Gasteiger partial charge in [0.1, 0.15) is 23.3 Å². The summed E-state index contributed by atoms with van der Waals surface area (Å²) >= 11 is 1.36. The van der Waals surface area contributed by atoms with E-state index in [2.05, 4.69) is 27.1 Å². The summed E-state index contributed by atoms with van der Waals surface area (Å²) < 4.78 is 7.02. The summed E-state index contributed by atoms with van der Waals surface area (Å²) in [7, 11) is 1.60. The number of benzene rings is 1. The third kappa shape index (κ3) is 4.46. The van der Waals surface area contributed by atoms with Crippen molar-refractivity contribution in [2.45, 2.75) is 32.9 Å². The number of hydrogen-bond donors (Lipinski definition) is 1. The van der Waals surface area contributed by atoms with Gasteiger partial charge in [-0.15, -0.1) is 0 Å². The van der Waals surface area contributed by atoms with Gasteiger partial charge in [0.2, 0.25) is 5.91 Å². The standard InChI is InChI=1S/C21H25N5O3S/c1-14-5-4-8-25(11-14)21-24-19-18(30-21)20(28)26(13-23-19)12-17(27)22-10-15-6-3-7-16(9-15)29-2/h3,6-7,9,13-14H,4-5,8,10-12H2,1-2H3,(H,22,27)/t14-/m1/s1. The SMILES string of the molecule is COc1cccc(CNC(=O)Cn2cnc3nc(N4CCC[C@@H](C)C4)sc3c2=O)c1. The van der Waals surface area contributed by atoms with E-state index >= 15 is 0 Å². The van der Waals surface area contributed by atoms with Gasteiger partial charge < -0.3 is 15.0 Å². The quantitative estimate of drug-likeness (QED) is 0.650. The van der Waals surface area contributed by atoms with E-state index in [0.717, 1.165) is 36.0 Å². The van der Waals surface area contributed by atoms with Gasteiger partial charge in [0, 0.05) is 19.6 Å². The molecule has 0 aliphatic carbocycles. The molecule has 0 spiro atoms. The minimum Gasteiger partial charge on any atom is -0.497 e. The average Bonchev–Trinajstić information content (AvgIpc) is 3.20. The number of nitrogens with one attached hydrogen (secondary N) is 1. The van der Waals surface area contributed by atoms with Crippen LogP contribution in [0.15, 0.2) is 35.4 Å². The van der Waals surface area contributed by atoms with Crippen molar-refractivity contribution in [2.24, 2.45) is 5.92 Å². The number of methoxy groups -OCH3 is 1. The molecule has 1 N–H and O–H groups in total. The molecule has 1 aliphatic heterocycles. The first kappa shape index (κ1) is 20.3. The molecule has 4 rings (SSSR count). The topological polar surface area (TPSA) is 89.3 Å². The zero-order chi connectivity index (χ0) is 21.1. The molecule has 3 heterocycles. The molecule has 1 fully saturated rings. The Bertz CT molecular complexity index is 1110. The van der Waals surface area contributed by atoms with Crippen LogP contribution in [-0.4, -0.2) is 40.6 Å². The van der Waals surface area contributed by atoms with Crippen molar-refractivity contribution in [3.8, 4) is 5.75 Å². The Balaban J connectivity index is 1.45. The Kier molecular flexibility index (Phi) is 5.98. The summed E-state index contributed by atoms with van der Waals surface area (Å²) in [5.74, 6) is 1.09. The van der Waals surface area contributed by atoms with Crippen LogP contribution in [0, 0.1) is 5.92 Å². The normalized spacial score (nSPS) is 16.6. The van der Waals surface area contributed by atoms with Crippen LogP contribution in [-0.2, 0) is 17.9 Å². The second-order valence-electron chi connectivity index (χ2n) is 7.65. The number of fused-ring (bicyclic) bond motifs is 1. The van der Waals surface area contributed by atoms with Crippen molar-refractivity contribution >= 4 is 32.7 Å². The lowest BCUT2D eigenvalue weighted by Crippen LogP contribution is -2.34. The van der Waals surface area contributed by atoms with E-state index in [0.29, 0.717) is 22.8 Å². The van der Waals surface area contributed by atoms with Gasteiger partial charge in [-0.3, -0.25) is 14.2 Å². The number of amides is 1. The minimum atomic E-state index is -0.254. The fraction of sp³-hybridized carbons (Fsp3) is 0.429. The summed E-state index contributed by atoms with van der Waals surface area (Å²) in [6.07, 6.45) is 3.75. The van der Waals surface area contributed by atoms with Crippen LogP contribution in [0.5, 0.6) is 5.75 Å². The number of aromatic nitrogens is 3. The third-order valence-electron chi connectivity index (χ3n) is 5.24. The molecule has 3 aromatic rings. The zero-order valence-electron chi connectivity index (χ0n) is 17.1. The zero-order valence-corrected chi connectivity index (χ0v) is 17.9. The smallest absolute Gasteiger partial charge is 0.273 e. The summed E-state index contributed by atoms with van der Waals surface area (Å²) in [6, 6.07) is 7.48. The first-order valence-electron chi connectivity index (χ1n) is 10.0. The van der Waals surface area contributed by atoms with E-state index in [1.807, 2.05) is 24.3 Å². The van der Waals surface area contributed by atoms with Gasteiger partial charge in [0.25, 0.3) is 5.56 Å². The molecule has 158 valence electrons. The first-order valence-corrected chi connectivity index (χ1v) is 10.9. The van der Waals surface area contributed by atoms with Gasteiger partial charge in [-0.1, -0.05) is 30.4 Å². The maximum Gasteiger partial charge on any atom is 0.273 e. The lowest BCUT2D eigenvalue weighted by Gasteiger charge is -2.30. The Hall–Kier alpha value is -2.94. The van der Waals surface area contributed by atoms with Crippen LogP contribution in [0.2, 0.25) is 0 Å². The molecule has 0 bridgehead atoms.